The maximum Gasteiger partial charge on any atom is 0.271 e. The van der Waals surface area contributed by atoms with Crippen LogP contribution >= 0.6 is 0 Å². The molecule has 30 heavy (non-hydrogen) atoms. The third-order valence-electron chi connectivity index (χ3n) is 6.15. The first-order valence-electron chi connectivity index (χ1n) is 10.6. The second-order valence-electron chi connectivity index (χ2n) is 8.24. The summed E-state index contributed by atoms with van der Waals surface area (Å²) in [7, 11) is 0. The fourth-order valence-electron chi connectivity index (χ4n) is 4.57. The molecule has 2 aliphatic rings. The van der Waals surface area contributed by atoms with E-state index in [-0.39, 0.29) is 17.6 Å². The first-order valence-corrected chi connectivity index (χ1v) is 10.6. The number of carbonyl (C=O) groups is 1. The van der Waals surface area contributed by atoms with Crippen LogP contribution in [0, 0.1) is 19.3 Å². The highest BCUT2D eigenvalue weighted by Gasteiger charge is 2.46. The lowest BCUT2D eigenvalue weighted by Gasteiger charge is -2.49. The van der Waals surface area contributed by atoms with Crippen molar-refractivity contribution in [2.24, 2.45) is 0 Å². The van der Waals surface area contributed by atoms with Crippen LogP contribution in [0.5, 0.6) is 0 Å². The Morgan fingerprint density at radius 2 is 2.20 bits per heavy atom. The lowest BCUT2D eigenvalue weighted by Crippen LogP contribution is -2.64. The number of nitrogens with zero attached hydrogens (tertiary/aromatic N) is 3. The number of terminal acetylenes is 1. The number of hydrogen-bond donors (Lipinski definition) is 1. The SMILES string of the molecule is C#Cc1ccccc1CN1CCO[C@]2(CCCC[C@H]2NC(=O)c2cnc(C)cn2)C1. The predicted molar refractivity (Wildman–Crippen MR) is 115 cm³/mol. The zero-order valence-corrected chi connectivity index (χ0v) is 17.4. The maximum absolute atomic E-state index is 12.8. The number of morpholine rings is 1. The summed E-state index contributed by atoms with van der Waals surface area (Å²) in [5.41, 5.74) is 2.85. The van der Waals surface area contributed by atoms with Crippen molar-refractivity contribution in [1.29, 1.82) is 0 Å². The van der Waals surface area contributed by atoms with E-state index in [0.717, 1.165) is 62.1 Å². The van der Waals surface area contributed by atoms with Gasteiger partial charge in [-0.3, -0.25) is 14.7 Å². The average Bonchev–Trinajstić information content (AvgIpc) is 2.76. The summed E-state index contributed by atoms with van der Waals surface area (Å²) in [5.74, 6) is 2.60. The number of benzene rings is 1. The Kier molecular flexibility index (Phi) is 6.12. The van der Waals surface area contributed by atoms with Gasteiger partial charge in [0.15, 0.2) is 0 Å². The van der Waals surface area contributed by atoms with Crippen LogP contribution in [-0.4, -0.2) is 52.1 Å². The average molecular weight is 405 g/mol. The van der Waals surface area contributed by atoms with Gasteiger partial charge in [-0.05, 0) is 31.4 Å². The molecule has 156 valence electrons. The molecule has 2 heterocycles. The minimum absolute atomic E-state index is 0.0486. The van der Waals surface area contributed by atoms with Crippen molar-refractivity contribution < 1.29 is 9.53 Å². The minimum atomic E-state index is -0.380. The van der Waals surface area contributed by atoms with Crippen molar-refractivity contribution in [3.05, 3.63) is 59.2 Å². The largest absolute Gasteiger partial charge is 0.370 e. The number of hydrogen-bond acceptors (Lipinski definition) is 5. The Balaban J connectivity index is 1.49. The molecule has 6 nitrogen and oxygen atoms in total. The summed E-state index contributed by atoms with van der Waals surface area (Å²) in [6.07, 6.45) is 12.9. The smallest absolute Gasteiger partial charge is 0.271 e. The van der Waals surface area contributed by atoms with E-state index < -0.39 is 0 Å². The number of amides is 1. The molecule has 2 fully saturated rings. The van der Waals surface area contributed by atoms with Crippen molar-refractivity contribution in [3.63, 3.8) is 0 Å². The Bertz CT molecular complexity index is 933. The first kappa shape index (κ1) is 20.5. The quantitative estimate of drug-likeness (QED) is 0.794. The van der Waals surface area contributed by atoms with Crippen LogP contribution < -0.4 is 5.32 Å². The molecule has 1 aliphatic carbocycles. The van der Waals surface area contributed by atoms with Gasteiger partial charge < -0.3 is 10.1 Å². The lowest BCUT2D eigenvalue weighted by molar-refractivity contribution is -0.143. The number of carbonyl (C=O) groups excluding carboxylic acids is 1. The zero-order valence-electron chi connectivity index (χ0n) is 17.4. The highest BCUT2D eigenvalue weighted by Crippen LogP contribution is 2.35. The van der Waals surface area contributed by atoms with E-state index in [1.165, 1.54) is 6.20 Å². The van der Waals surface area contributed by atoms with Gasteiger partial charge in [0.1, 0.15) is 11.3 Å². The number of aryl methyl sites for hydroxylation is 1. The van der Waals surface area contributed by atoms with Crippen LogP contribution in [0.2, 0.25) is 0 Å². The Labute approximate surface area is 178 Å². The standard InChI is InChI=1S/C24H28N4O2/c1-3-19-8-4-5-9-20(19)16-28-12-13-30-24(17-28)11-7-6-10-22(24)27-23(29)21-15-25-18(2)14-26-21/h1,4-5,8-9,14-15,22H,6-7,10-13,16-17H2,2H3,(H,27,29)/t22-,24-/m1/s1. The molecule has 6 heteroatoms. The van der Waals surface area contributed by atoms with Crippen molar-refractivity contribution in [3.8, 4) is 12.3 Å². The summed E-state index contributed by atoms with van der Waals surface area (Å²) >= 11 is 0. The van der Waals surface area contributed by atoms with Gasteiger partial charge in [-0.2, -0.15) is 0 Å². The number of aromatic nitrogens is 2. The van der Waals surface area contributed by atoms with Gasteiger partial charge in [-0.15, -0.1) is 6.42 Å². The van der Waals surface area contributed by atoms with Gasteiger partial charge in [0.05, 0.1) is 24.5 Å². The molecular weight excluding hydrogens is 376 g/mol. The Morgan fingerprint density at radius 3 is 3.00 bits per heavy atom. The van der Waals surface area contributed by atoms with E-state index in [1.54, 1.807) is 6.20 Å². The summed E-state index contributed by atoms with van der Waals surface area (Å²) in [5, 5.41) is 3.20. The molecule has 1 aromatic carbocycles. The van der Waals surface area contributed by atoms with Crippen molar-refractivity contribution in [2.75, 3.05) is 19.7 Å². The highest BCUT2D eigenvalue weighted by atomic mass is 16.5. The summed E-state index contributed by atoms with van der Waals surface area (Å²) < 4.78 is 6.37. The molecular formula is C24H28N4O2. The molecule has 1 N–H and O–H groups in total. The van der Waals surface area contributed by atoms with Crippen LogP contribution in [0.15, 0.2) is 36.7 Å². The Hall–Kier alpha value is -2.75. The summed E-state index contributed by atoms with van der Waals surface area (Å²) in [6, 6.07) is 8.02. The lowest BCUT2D eigenvalue weighted by atomic mass is 9.78. The van der Waals surface area contributed by atoms with Gasteiger partial charge in [-0.25, -0.2) is 4.98 Å². The molecule has 1 aromatic heterocycles. The minimum Gasteiger partial charge on any atom is -0.370 e. The van der Waals surface area contributed by atoms with Crippen molar-refractivity contribution >= 4 is 5.91 Å². The normalized spacial score (nSPS) is 24.3. The number of ether oxygens (including phenoxy) is 1. The van der Waals surface area contributed by atoms with E-state index in [0.29, 0.717) is 12.3 Å². The third-order valence-corrected chi connectivity index (χ3v) is 6.15. The number of rotatable bonds is 4. The van der Waals surface area contributed by atoms with E-state index in [9.17, 15) is 4.79 Å². The van der Waals surface area contributed by atoms with Crippen LogP contribution in [0.1, 0.15) is 53.0 Å². The van der Waals surface area contributed by atoms with Gasteiger partial charge in [0, 0.05) is 31.4 Å². The fraction of sp³-hybridized carbons (Fsp3) is 0.458. The van der Waals surface area contributed by atoms with Gasteiger partial charge in [0.25, 0.3) is 5.91 Å². The molecule has 2 aromatic rings. The molecule has 1 aliphatic heterocycles. The van der Waals surface area contributed by atoms with Crippen LogP contribution in [-0.2, 0) is 11.3 Å². The third kappa shape index (κ3) is 4.38. The van der Waals surface area contributed by atoms with Crippen LogP contribution in [0.4, 0.5) is 0 Å². The molecule has 1 saturated carbocycles. The van der Waals surface area contributed by atoms with Gasteiger partial charge in [-0.1, -0.05) is 37.0 Å². The molecule has 1 saturated heterocycles. The molecule has 1 amide bonds. The molecule has 1 spiro atoms. The molecule has 0 unspecified atom stereocenters. The predicted octanol–water partition coefficient (Wildman–Crippen LogP) is 2.71. The van der Waals surface area contributed by atoms with E-state index in [4.69, 9.17) is 11.2 Å². The maximum atomic E-state index is 12.8. The second-order valence-corrected chi connectivity index (χ2v) is 8.24. The molecule has 2 atom stereocenters. The van der Waals surface area contributed by atoms with Crippen molar-refractivity contribution in [1.82, 2.24) is 20.2 Å². The summed E-state index contributed by atoms with van der Waals surface area (Å²) in [4.78, 5) is 23.6. The van der Waals surface area contributed by atoms with E-state index in [2.05, 4.69) is 32.2 Å². The summed E-state index contributed by atoms with van der Waals surface area (Å²) in [6.45, 7) is 4.92. The highest BCUT2D eigenvalue weighted by molar-refractivity contribution is 5.92. The van der Waals surface area contributed by atoms with Gasteiger partial charge >= 0.3 is 0 Å². The molecule has 0 bridgehead atoms. The monoisotopic (exact) mass is 404 g/mol. The molecule has 0 radical (unpaired) electrons. The van der Waals surface area contributed by atoms with E-state index in [1.807, 2.05) is 25.1 Å². The Morgan fingerprint density at radius 1 is 1.33 bits per heavy atom. The number of nitrogens with one attached hydrogen (secondary N) is 1. The second kappa shape index (κ2) is 8.95. The molecule has 4 rings (SSSR count). The fourth-order valence-corrected chi connectivity index (χ4v) is 4.57. The van der Waals surface area contributed by atoms with Crippen LogP contribution in [0.3, 0.4) is 0 Å². The van der Waals surface area contributed by atoms with Crippen LogP contribution in [0.25, 0.3) is 0 Å². The first-order chi connectivity index (χ1) is 14.6. The van der Waals surface area contributed by atoms with Crippen molar-refractivity contribution in [2.45, 2.75) is 50.8 Å². The topological polar surface area (TPSA) is 67.3 Å². The van der Waals surface area contributed by atoms with Gasteiger partial charge in [0.2, 0.25) is 0 Å². The van der Waals surface area contributed by atoms with E-state index >= 15 is 0 Å². The zero-order chi connectivity index (χ0) is 21.0.